The van der Waals surface area contributed by atoms with E-state index in [-0.39, 0.29) is 0 Å². The molecule has 0 fully saturated rings. The summed E-state index contributed by atoms with van der Waals surface area (Å²) in [6.07, 6.45) is -1.13. The number of nitrogens with zero attached hydrogens (tertiary/aromatic N) is 1. The summed E-state index contributed by atoms with van der Waals surface area (Å²) in [4.78, 5) is 21.2. The van der Waals surface area contributed by atoms with E-state index in [1.807, 2.05) is 0 Å². The zero-order valence-electron chi connectivity index (χ0n) is 10.1. The first-order chi connectivity index (χ1) is 8.19. The van der Waals surface area contributed by atoms with Crippen LogP contribution in [0.25, 0.3) is 0 Å². The van der Waals surface area contributed by atoms with E-state index < -0.39 is 33.9 Å². The Bertz CT molecular complexity index is 481. The lowest BCUT2D eigenvalue weighted by molar-refractivity contribution is -0.385. The summed E-state index contributed by atoms with van der Waals surface area (Å²) in [5.74, 6) is -1.24. The first kappa shape index (κ1) is 13.9. The third-order valence-electron chi connectivity index (χ3n) is 1.70. The molecule has 0 heterocycles. The van der Waals surface area contributed by atoms with Gasteiger partial charge in [0.15, 0.2) is 0 Å². The number of nitro benzene ring substituents is 1. The van der Waals surface area contributed by atoms with Crippen LogP contribution in [0.4, 0.5) is 14.9 Å². The number of carbonyl (C=O) groups excluding carboxylic acids is 1. The van der Waals surface area contributed by atoms with Crippen molar-refractivity contribution in [2.75, 3.05) is 0 Å². The van der Waals surface area contributed by atoms with E-state index in [1.165, 1.54) is 0 Å². The number of hydrogen-bond acceptors (Lipinski definition) is 5. The molecule has 0 atom stereocenters. The van der Waals surface area contributed by atoms with Crippen LogP contribution in [0.2, 0.25) is 0 Å². The molecule has 0 aliphatic rings. The summed E-state index contributed by atoms with van der Waals surface area (Å²) in [5, 5.41) is 10.7. The molecule has 6 nitrogen and oxygen atoms in total. The average molecular weight is 257 g/mol. The third-order valence-corrected chi connectivity index (χ3v) is 1.70. The molecule has 0 amide bonds. The van der Waals surface area contributed by atoms with Crippen LogP contribution in [0, 0.1) is 15.9 Å². The van der Waals surface area contributed by atoms with Gasteiger partial charge in [-0.25, -0.2) is 9.18 Å². The molecule has 0 saturated carbocycles. The number of carbonyl (C=O) groups is 1. The molecule has 0 bridgehead atoms. The molecule has 0 aliphatic heterocycles. The molecular formula is C11H12FNO5. The highest BCUT2D eigenvalue weighted by atomic mass is 19.1. The molecule has 0 radical (unpaired) electrons. The van der Waals surface area contributed by atoms with Crippen molar-refractivity contribution >= 4 is 11.8 Å². The first-order valence-corrected chi connectivity index (χ1v) is 5.04. The topological polar surface area (TPSA) is 78.7 Å². The van der Waals surface area contributed by atoms with Gasteiger partial charge in [-0.15, -0.1) is 0 Å². The Balaban J connectivity index is 2.93. The van der Waals surface area contributed by atoms with Crippen molar-refractivity contribution in [3.8, 4) is 5.75 Å². The van der Waals surface area contributed by atoms with E-state index in [9.17, 15) is 19.3 Å². The summed E-state index contributed by atoms with van der Waals surface area (Å²) < 4.78 is 22.4. The molecule has 0 N–H and O–H groups in total. The molecule has 98 valence electrons. The van der Waals surface area contributed by atoms with Gasteiger partial charge in [0, 0.05) is 12.1 Å². The Hall–Kier alpha value is -2.18. The van der Waals surface area contributed by atoms with Gasteiger partial charge in [0.05, 0.1) is 4.92 Å². The van der Waals surface area contributed by atoms with Crippen LogP contribution in [0.1, 0.15) is 20.8 Å². The molecule has 0 aromatic heterocycles. The van der Waals surface area contributed by atoms with Crippen LogP contribution >= 0.6 is 0 Å². The largest absolute Gasteiger partial charge is 0.514 e. The highest BCUT2D eigenvalue weighted by molar-refractivity contribution is 5.66. The van der Waals surface area contributed by atoms with Crippen molar-refractivity contribution in [1.82, 2.24) is 0 Å². The smallest absolute Gasteiger partial charge is 0.428 e. The molecule has 7 heteroatoms. The lowest BCUT2D eigenvalue weighted by atomic mass is 10.2. The molecule has 1 aromatic rings. The zero-order chi connectivity index (χ0) is 13.9. The second kappa shape index (κ2) is 4.99. The van der Waals surface area contributed by atoms with Crippen molar-refractivity contribution in [3.63, 3.8) is 0 Å². The monoisotopic (exact) mass is 257 g/mol. The Kier molecular flexibility index (Phi) is 3.85. The van der Waals surface area contributed by atoms with Crippen LogP contribution in [-0.2, 0) is 4.74 Å². The molecule has 0 unspecified atom stereocenters. The van der Waals surface area contributed by atoms with Crippen molar-refractivity contribution in [2.45, 2.75) is 26.4 Å². The van der Waals surface area contributed by atoms with Crippen LogP contribution in [0.15, 0.2) is 18.2 Å². The van der Waals surface area contributed by atoms with Gasteiger partial charge >= 0.3 is 11.8 Å². The number of nitro groups is 1. The SMILES string of the molecule is CC(C)(C)OC(=O)Oc1cc(F)ccc1[N+](=O)[O-]. The van der Waals surface area contributed by atoms with E-state index in [1.54, 1.807) is 20.8 Å². The summed E-state index contributed by atoms with van der Waals surface area (Å²) in [7, 11) is 0. The predicted molar refractivity (Wildman–Crippen MR) is 59.9 cm³/mol. The number of benzene rings is 1. The van der Waals surface area contributed by atoms with Gasteiger partial charge in [0.1, 0.15) is 11.4 Å². The van der Waals surface area contributed by atoms with Gasteiger partial charge in [-0.05, 0) is 26.8 Å². The van der Waals surface area contributed by atoms with Gasteiger partial charge in [-0.2, -0.15) is 0 Å². The molecule has 18 heavy (non-hydrogen) atoms. The zero-order valence-corrected chi connectivity index (χ0v) is 10.1. The Labute approximate surface area is 102 Å². The Morgan fingerprint density at radius 1 is 1.39 bits per heavy atom. The van der Waals surface area contributed by atoms with Crippen LogP contribution in [-0.4, -0.2) is 16.7 Å². The second-order valence-electron chi connectivity index (χ2n) is 4.44. The summed E-state index contributed by atoms with van der Waals surface area (Å²) in [6, 6.07) is 2.57. The standard InChI is InChI=1S/C11H12FNO5/c1-11(2,3)18-10(14)17-9-6-7(12)4-5-8(9)13(15)16/h4-6H,1-3H3. The minimum Gasteiger partial charge on any atom is -0.428 e. The fourth-order valence-electron chi connectivity index (χ4n) is 1.08. The molecule has 0 spiro atoms. The fourth-order valence-corrected chi connectivity index (χ4v) is 1.08. The van der Waals surface area contributed by atoms with Gasteiger partial charge in [0.25, 0.3) is 0 Å². The highest BCUT2D eigenvalue weighted by Gasteiger charge is 2.23. The first-order valence-electron chi connectivity index (χ1n) is 5.04. The predicted octanol–water partition coefficient (Wildman–Crippen LogP) is 3.05. The van der Waals surface area contributed by atoms with Gasteiger partial charge in [0.2, 0.25) is 5.75 Å². The minimum atomic E-state index is -1.13. The van der Waals surface area contributed by atoms with Crippen LogP contribution in [0.3, 0.4) is 0 Å². The van der Waals surface area contributed by atoms with E-state index in [2.05, 4.69) is 4.74 Å². The summed E-state index contributed by atoms with van der Waals surface area (Å²) in [5.41, 5.74) is -1.32. The van der Waals surface area contributed by atoms with Crippen LogP contribution < -0.4 is 4.74 Å². The fraction of sp³-hybridized carbons (Fsp3) is 0.364. The van der Waals surface area contributed by atoms with E-state index in [4.69, 9.17) is 4.74 Å². The van der Waals surface area contributed by atoms with Gasteiger partial charge in [-0.3, -0.25) is 10.1 Å². The Morgan fingerprint density at radius 3 is 2.50 bits per heavy atom. The number of rotatable bonds is 2. The molecule has 0 saturated heterocycles. The van der Waals surface area contributed by atoms with Crippen molar-refractivity contribution in [1.29, 1.82) is 0 Å². The number of ether oxygens (including phenoxy) is 2. The quantitative estimate of drug-likeness (QED) is 0.352. The van der Waals surface area contributed by atoms with Crippen molar-refractivity contribution in [3.05, 3.63) is 34.1 Å². The maximum atomic E-state index is 12.9. The lowest BCUT2D eigenvalue weighted by Gasteiger charge is -2.18. The van der Waals surface area contributed by atoms with Crippen molar-refractivity contribution in [2.24, 2.45) is 0 Å². The highest BCUT2D eigenvalue weighted by Crippen LogP contribution is 2.28. The lowest BCUT2D eigenvalue weighted by Crippen LogP contribution is -2.26. The molecule has 1 rings (SSSR count). The number of hydrogen-bond donors (Lipinski definition) is 0. The number of halogens is 1. The van der Waals surface area contributed by atoms with E-state index in [0.717, 1.165) is 18.2 Å². The molecular weight excluding hydrogens is 245 g/mol. The maximum absolute atomic E-state index is 12.9. The molecule has 1 aromatic carbocycles. The van der Waals surface area contributed by atoms with E-state index >= 15 is 0 Å². The Morgan fingerprint density at radius 2 is 2.00 bits per heavy atom. The van der Waals surface area contributed by atoms with Crippen LogP contribution in [0.5, 0.6) is 5.75 Å². The average Bonchev–Trinajstić information content (AvgIpc) is 2.13. The van der Waals surface area contributed by atoms with Crippen molar-refractivity contribution < 1.29 is 23.6 Å². The second-order valence-corrected chi connectivity index (χ2v) is 4.44. The third kappa shape index (κ3) is 4.00. The summed E-state index contributed by atoms with van der Waals surface area (Å²) in [6.45, 7) is 4.82. The summed E-state index contributed by atoms with van der Waals surface area (Å²) >= 11 is 0. The maximum Gasteiger partial charge on any atom is 0.514 e. The van der Waals surface area contributed by atoms with Gasteiger partial charge in [-0.1, -0.05) is 0 Å². The minimum absolute atomic E-state index is 0.491. The van der Waals surface area contributed by atoms with E-state index in [0.29, 0.717) is 0 Å². The normalized spacial score (nSPS) is 10.9. The van der Waals surface area contributed by atoms with Gasteiger partial charge < -0.3 is 9.47 Å². The molecule has 0 aliphatic carbocycles.